The summed E-state index contributed by atoms with van der Waals surface area (Å²) in [6, 6.07) is 19.1. The Morgan fingerprint density at radius 3 is 2.17 bits per heavy atom. The Kier molecular flexibility index (Phi) is 10.4. The first-order chi connectivity index (χ1) is 18.8. The molecule has 0 aliphatic carbocycles. The van der Waals surface area contributed by atoms with E-state index < -0.39 is 35.2 Å². The minimum absolute atomic E-state index is 0.276. The topological polar surface area (TPSA) is 76.5 Å². The monoisotopic (exact) mass is 570 g/mol. The number of nitrogens with one attached hydrogen (secondary N) is 1. The second-order valence-corrected chi connectivity index (χ2v) is 12.2. The molecule has 2 aromatic carbocycles. The molecule has 1 heterocycles. The molecule has 0 saturated carbocycles. The van der Waals surface area contributed by atoms with E-state index in [0.29, 0.717) is 12.4 Å². The molecule has 7 nitrogen and oxygen atoms in total. The van der Waals surface area contributed by atoms with Crippen molar-refractivity contribution in [3.8, 4) is 11.3 Å². The molecule has 216 valence electrons. The van der Waals surface area contributed by atoms with Crippen LogP contribution in [0.15, 0.2) is 66.9 Å². The molecule has 40 heavy (non-hydrogen) atoms. The number of ether oxygens (including phenoxy) is 1. The van der Waals surface area contributed by atoms with Crippen LogP contribution in [0.5, 0.6) is 0 Å². The summed E-state index contributed by atoms with van der Waals surface area (Å²) < 4.78 is 22.6. The van der Waals surface area contributed by atoms with Crippen molar-refractivity contribution in [2.24, 2.45) is 5.41 Å². The van der Waals surface area contributed by atoms with E-state index in [-0.39, 0.29) is 19.0 Å². The maximum atomic E-state index is 15.4. The number of halogens is 2. The van der Waals surface area contributed by atoms with Crippen LogP contribution in [-0.4, -0.2) is 57.2 Å². The van der Waals surface area contributed by atoms with Gasteiger partial charge in [-0.05, 0) is 31.7 Å². The molecule has 0 bridgehead atoms. The quantitative estimate of drug-likeness (QED) is 0.278. The first-order valence-electron chi connectivity index (χ1n) is 13.4. The number of hydrogen-bond acceptors (Lipinski definition) is 4. The van der Waals surface area contributed by atoms with Crippen LogP contribution in [0.3, 0.4) is 0 Å². The molecule has 0 fully saturated rings. The van der Waals surface area contributed by atoms with Crippen LogP contribution in [0.1, 0.15) is 59.0 Å². The van der Waals surface area contributed by atoms with E-state index in [0.717, 1.165) is 16.8 Å². The number of rotatable bonds is 10. The van der Waals surface area contributed by atoms with Crippen LogP contribution in [-0.2, 0) is 16.1 Å². The van der Waals surface area contributed by atoms with Crippen molar-refractivity contribution in [1.29, 1.82) is 0 Å². The molecule has 3 rings (SSSR count). The van der Waals surface area contributed by atoms with E-state index >= 15 is 4.39 Å². The zero-order valence-electron chi connectivity index (χ0n) is 24.2. The Hall–Kier alpha value is -3.39. The lowest BCUT2D eigenvalue weighted by molar-refractivity contribution is -0.135. The lowest BCUT2D eigenvalue weighted by Gasteiger charge is -2.40. The summed E-state index contributed by atoms with van der Waals surface area (Å²) in [5.41, 5.74) is 1.51. The molecular weight excluding hydrogens is 531 g/mol. The fraction of sp³-hybridized carbons (Fsp3) is 0.452. The average Bonchev–Trinajstić information content (AvgIpc) is 3.28. The smallest absolute Gasteiger partial charge is 0.407 e. The molecule has 2 atom stereocenters. The van der Waals surface area contributed by atoms with Gasteiger partial charge in [-0.15, -0.1) is 11.6 Å². The molecule has 0 saturated heterocycles. The summed E-state index contributed by atoms with van der Waals surface area (Å²) in [5, 5.41) is 2.46. The number of benzene rings is 2. The summed E-state index contributed by atoms with van der Waals surface area (Å²) in [7, 11) is 0. The number of imidazole rings is 1. The van der Waals surface area contributed by atoms with Crippen molar-refractivity contribution in [3.05, 3.63) is 78.2 Å². The van der Waals surface area contributed by atoms with Crippen molar-refractivity contribution in [3.63, 3.8) is 0 Å². The van der Waals surface area contributed by atoms with Gasteiger partial charge in [0.05, 0.1) is 24.8 Å². The lowest BCUT2D eigenvalue weighted by Crippen LogP contribution is -2.48. The molecule has 2 amide bonds. The highest BCUT2D eigenvalue weighted by Gasteiger charge is 2.39. The molecule has 1 aromatic heterocycles. The predicted molar refractivity (Wildman–Crippen MR) is 157 cm³/mol. The number of nitrogens with zero attached hydrogens (tertiary/aromatic N) is 3. The Balaban J connectivity index is 2.00. The molecule has 3 aromatic rings. The number of amides is 2. The third kappa shape index (κ3) is 8.81. The highest BCUT2D eigenvalue weighted by atomic mass is 35.5. The second-order valence-electron chi connectivity index (χ2n) is 11.9. The molecule has 0 aliphatic rings. The van der Waals surface area contributed by atoms with Crippen molar-refractivity contribution in [2.45, 2.75) is 65.9 Å². The Labute approximate surface area is 241 Å². The zero-order valence-corrected chi connectivity index (χ0v) is 24.9. The fourth-order valence-corrected chi connectivity index (χ4v) is 4.67. The van der Waals surface area contributed by atoms with Crippen LogP contribution in [0.2, 0.25) is 0 Å². The van der Waals surface area contributed by atoms with Crippen LogP contribution in [0.25, 0.3) is 11.3 Å². The molecular formula is C31H40ClFN4O3. The number of hydrogen-bond donors (Lipinski definition) is 1. The molecule has 1 unspecified atom stereocenters. The minimum Gasteiger partial charge on any atom is -0.444 e. The van der Waals surface area contributed by atoms with Crippen LogP contribution in [0, 0.1) is 5.41 Å². The summed E-state index contributed by atoms with van der Waals surface area (Å²) in [4.78, 5) is 31.8. The van der Waals surface area contributed by atoms with Crippen molar-refractivity contribution < 1.29 is 18.7 Å². The highest BCUT2D eigenvalue weighted by Crippen LogP contribution is 2.39. The van der Waals surface area contributed by atoms with Gasteiger partial charge in [0.2, 0.25) is 5.91 Å². The largest absolute Gasteiger partial charge is 0.444 e. The third-order valence-corrected chi connectivity index (χ3v) is 6.37. The van der Waals surface area contributed by atoms with Crippen LogP contribution >= 0.6 is 11.6 Å². The standard InChI is InChI=1S/C31H40ClFN4O3/c1-30(2,3)27(37(26(38)17-32)20-24(33)18-34-29(39)40-31(4,5)6)28-35-25(23-15-11-8-12-16-23)21-36(28)19-22-13-9-7-10-14-22/h7-16,21,24,27H,17-20H2,1-6H3,(H,34,39)/t24?,27-/m0/s1. The van der Waals surface area contributed by atoms with Gasteiger partial charge in [0.1, 0.15) is 23.5 Å². The Bertz CT molecular complexity index is 1250. The lowest BCUT2D eigenvalue weighted by atomic mass is 9.84. The summed E-state index contributed by atoms with van der Waals surface area (Å²) in [5.74, 6) is -0.109. The maximum Gasteiger partial charge on any atom is 0.407 e. The average molecular weight is 571 g/mol. The van der Waals surface area contributed by atoms with E-state index in [4.69, 9.17) is 21.3 Å². The van der Waals surface area contributed by atoms with E-state index in [1.807, 2.05) is 92.2 Å². The molecule has 9 heteroatoms. The van der Waals surface area contributed by atoms with Gasteiger partial charge < -0.3 is 19.5 Å². The van der Waals surface area contributed by atoms with Crippen molar-refractivity contribution >= 4 is 23.6 Å². The molecule has 0 spiro atoms. The molecule has 0 radical (unpaired) electrons. The highest BCUT2D eigenvalue weighted by molar-refractivity contribution is 6.27. The molecule has 0 aliphatic heterocycles. The maximum absolute atomic E-state index is 15.4. The van der Waals surface area contributed by atoms with E-state index in [1.165, 1.54) is 4.90 Å². The van der Waals surface area contributed by atoms with Crippen LogP contribution < -0.4 is 5.32 Å². The van der Waals surface area contributed by atoms with Gasteiger partial charge in [-0.1, -0.05) is 81.4 Å². The van der Waals surface area contributed by atoms with E-state index in [1.54, 1.807) is 20.8 Å². The fourth-order valence-electron chi connectivity index (χ4n) is 4.51. The number of alkyl carbamates (subject to hydrolysis) is 1. The van der Waals surface area contributed by atoms with Gasteiger partial charge in [0.25, 0.3) is 0 Å². The van der Waals surface area contributed by atoms with E-state index in [2.05, 4.69) is 5.32 Å². The minimum atomic E-state index is -1.56. The number of aromatic nitrogens is 2. The Morgan fingerprint density at radius 1 is 1.02 bits per heavy atom. The Morgan fingerprint density at radius 2 is 1.62 bits per heavy atom. The number of carbonyl (C=O) groups excluding carboxylic acids is 2. The van der Waals surface area contributed by atoms with Crippen molar-refractivity contribution in [2.75, 3.05) is 19.0 Å². The third-order valence-electron chi connectivity index (χ3n) is 6.15. The number of alkyl halides is 2. The van der Waals surface area contributed by atoms with Gasteiger partial charge in [0, 0.05) is 18.3 Å². The SMILES string of the molecule is CC(C)(C)OC(=O)NCC(F)CN(C(=O)CCl)[C@@H](c1nc(-c2ccccc2)cn1Cc1ccccc1)C(C)(C)C. The van der Waals surface area contributed by atoms with E-state index in [9.17, 15) is 9.59 Å². The van der Waals surface area contributed by atoms with Gasteiger partial charge >= 0.3 is 6.09 Å². The van der Waals surface area contributed by atoms with Gasteiger partial charge in [-0.3, -0.25) is 4.79 Å². The van der Waals surface area contributed by atoms with Gasteiger partial charge in [0.15, 0.2) is 0 Å². The normalized spacial score (nSPS) is 13.4. The van der Waals surface area contributed by atoms with Gasteiger partial charge in [-0.2, -0.15) is 0 Å². The second kappa shape index (κ2) is 13.3. The zero-order chi connectivity index (χ0) is 29.5. The van der Waals surface area contributed by atoms with Crippen molar-refractivity contribution in [1.82, 2.24) is 19.8 Å². The van der Waals surface area contributed by atoms with Crippen LogP contribution in [0.4, 0.5) is 9.18 Å². The predicted octanol–water partition coefficient (Wildman–Crippen LogP) is 6.62. The van der Waals surface area contributed by atoms with Gasteiger partial charge in [-0.25, -0.2) is 14.2 Å². The summed E-state index contributed by atoms with van der Waals surface area (Å²) in [6.07, 6.45) is -0.309. The first kappa shape index (κ1) is 31.1. The molecule has 1 N–H and O–H groups in total. The summed E-state index contributed by atoms with van der Waals surface area (Å²) in [6.45, 7) is 11.1. The summed E-state index contributed by atoms with van der Waals surface area (Å²) >= 11 is 6.05. The first-order valence-corrected chi connectivity index (χ1v) is 13.9. The number of carbonyl (C=O) groups is 2.